The summed E-state index contributed by atoms with van der Waals surface area (Å²) in [6.45, 7) is 37.2. The van der Waals surface area contributed by atoms with Crippen LogP contribution in [0.3, 0.4) is 0 Å². The predicted octanol–water partition coefficient (Wildman–Crippen LogP) is 16.6. The smallest absolute Gasteiger partial charge is 0.252 e. The normalized spacial score (nSPS) is 6.21. The van der Waals surface area contributed by atoms with E-state index in [0.717, 1.165) is 5.56 Å². The van der Waals surface area contributed by atoms with Gasteiger partial charge in [-0.05, 0) is 18.5 Å². The Bertz CT molecular complexity index is 1920. The summed E-state index contributed by atoms with van der Waals surface area (Å²) in [7, 11) is 1.44. The molecule has 9 nitrogen and oxygen atoms in total. The molecule has 0 spiro atoms. The van der Waals surface area contributed by atoms with Crippen LogP contribution in [0.5, 0.6) is 0 Å². The maximum absolute atomic E-state index is 10.8. The van der Waals surface area contributed by atoms with Gasteiger partial charge in [0.05, 0.1) is 7.11 Å². The van der Waals surface area contributed by atoms with Gasteiger partial charge in [0.2, 0.25) is 0 Å². The first-order chi connectivity index (χ1) is 32.7. The van der Waals surface area contributed by atoms with Crippen LogP contribution in [0.15, 0.2) is 132 Å². The van der Waals surface area contributed by atoms with Crippen molar-refractivity contribution >= 4 is 34.1 Å². The van der Waals surface area contributed by atoms with Crippen molar-refractivity contribution in [1.82, 2.24) is 0 Å². The van der Waals surface area contributed by atoms with E-state index in [1.807, 2.05) is 85.7 Å². The van der Waals surface area contributed by atoms with Gasteiger partial charge in [0, 0.05) is 107 Å². The number of carbonyl (C=O) groups excluding carboxylic acids is 2. The van der Waals surface area contributed by atoms with Crippen LogP contribution in [0.2, 0.25) is 0 Å². The number of ether oxygens (including phenoxy) is 1. The molecule has 0 amide bonds. The van der Waals surface area contributed by atoms with Crippen molar-refractivity contribution in [3.05, 3.63) is 182 Å². The molecular formula is C59H85ClN4O5W4-4. The number of rotatable bonds is 6. The van der Waals surface area contributed by atoms with E-state index in [1.165, 1.54) is 7.11 Å². The number of nitrogens with zero attached hydrogens (tertiary/aromatic N) is 4. The Kier molecular flexibility index (Phi) is 168. The summed E-state index contributed by atoms with van der Waals surface area (Å²) < 4.78 is 5.01. The molecule has 0 unspecified atom stereocenters. The van der Waals surface area contributed by atoms with Gasteiger partial charge in [0.15, 0.2) is 28.4 Å². The molecule has 73 heavy (non-hydrogen) atoms. The van der Waals surface area contributed by atoms with Crippen LogP contribution < -0.4 is 0 Å². The summed E-state index contributed by atoms with van der Waals surface area (Å²) in [5, 5.41) is 51.7. The molecule has 0 aliphatic heterocycles. The van der Waals surface area contributed by atoms with Crippen LogP contribution in [-0.2, 0) is 89.0 Å². The monoisotopic (exact) mass is 1700 g/mol. The van der Waals surface area contributed by atoms with E-state index in [4.69, 9.17) is 42.5 Å². The van der Waals surface area contributed by atoms with Gasteiger partial charge < -0.3 is 42.6 Å². The van der Waals surface area contributed by atoms with Crippen LogP contribution >= 0.6 is 11.6 Å². The topological polar surface area (TPSA) is 179 Å². The minimum atomic E-state index is -0.413. The Morgan fingerprint density at radius 3 is 0.932 bits per heavy atom. The molecular weight excluding hydrogens is 1620 g/mol. The summed E-state index contributed by atoms with van der Waals surface area (Å²) in [4.78, 5) is 21.2. The second-order valence-corrected chi connectivity index (χ2v) is 9.03. The maximum Gasteiger partial charge on any atom is 0.252 e. The van der Waals surface area contributed by atoms with E-state index in [0.29, 0.717) is 22.4 Å². The second kappa shape index (κ2) is 108. The molecule has 4 aromatic carbocycles. The van der Waals surface area contributed by atoms with E-state index in [9.17, 15) is 14.7 Å². The summed E-state index contributed by atoms with van der Waals surface area (Å²) in [6.07, 6.45) is 12.6. The zero-order valence-corrected chi connectivity index (χ0v) is 56.7. The van der Waals surface area contributed by atoms with Gasteiger partial charge in [-0.25, -0.2) is 0 Å². The van der Waals surface area contributed by atoms with Crippen LogP contribution in [-0.4, -0.2) is 35.0 Å². The Labute approximate surface area is 510 Å². The van der Waals surface area contributed by atoms with E-state index in [1.54, 1.807) is 150 Å². The number of aliphatic hydroxyl groups is 2. The fourth-order valence-corrected chi connectivity index (χ4v) is 3.36. The molecule has 2 N–H and O–H groups in total. The average Bonchev–Trinajstić information content (AvgIpc) is 3.44. The molecule has 4 rings (SSSR count). The number of allylic oxidation sites excluding steroid dienone is 2. The number of terminal acetylenes is 2. The Morgan fingerprint density at radius 1 is 0.521 bits per heavy atom. The fourth-order valence-electron chi connectivity index (χ4n) is 3.24. The molecule has 0 saturated heterocycles. The first-order valence-electron chi connectivity index (χ1n) is 21.1. The Hall–Kier alpha value is -4.62. The summed E-state index contributed by atoms with van der Waals surface area (Å²) >= 11 is 5.16. The molecule has 0 heterocycles. The molecule has 0 aromatic heterocycles. The van der Waals surface area contributed by atoms with Crippen molar-refractivity contribution in [3.8, 4) is 49.5 Å². The molecule has 406 valence electrons. The first-order valence-corrected chi connectivity index (χ1v) is 21.5. The molecule has 4 aromatic rings. The third-order valence-electron chi connectivity index (χ3n) is 5.44. The molecule has 0 aliphatic carbocycles. The van der Waals surface area contributed by atoms with Crippen molar-refractivity contribution in [3.63, 3.8) is 0 Å². The molecule has 14 heteroatoms. The van der Waals surface area contributed by atoms with Gasteiger partial charge in [-0.1, -0.05) is 192 Å². The van der Waals surface area contributed by atoms with Gasteiger partial charge in [0.25, 0.3) is 5.24 Å². The van der Waals surface area contributed by atoms with Crippen LogP contribution in [0.4, 0.5) is 0 Å². The maximum atomic E-state index is 10.8. The Morgan fingerprint density at radius 2 is 0.740 bits per heavy atom. The fraction of sp³-hybridized carbons (Fsp3) is 0.288. The summed E-state index contributed by atoms with van der Waals surface area (Å²) in [6, 6.07) is 41.8. The van der Waals surface area contributed by atoms with Crippen molar-refractivity contribution < 1.29 is 109 Å². The van der Waals surface area contributed by atoms with Gasteiger partial charge >= 0.3 is 0 Å². The zero-order chi connectivity index (χ0) is 54.9. The number of methoxy groups -OCH3 is 1. The number of aliphatic hydroxyl groups excluding tert-OH is 2. The SMILES string of the molecule is C.C.C#C.C#CC.CC.CC.CC.CC.COC(=C(C#N)C#N)c1ccccc1.N#CC(C#N)=C(O)c1ccccc1.O=C(CO)c1ccccc1.O=C(Cl)c1ccccc1.[CH2-]C.[CH2-]C.[CH2-]C.[CH2-]C.[W].[W].[W].[W]. The second-order valence-electron chi connectivity index (χ2n) is 8.69. The zero-order valence-electron chi connectivity index (χ0n) is 44.2. The van der Waals surface area contributed by atoms with E-state index in [-0.39, 0.29) is 122 Å². The number of hydrogen-bond donors (Lipinski definition) is 2. The van der Waals surface area contributed by atoms with Gasteiger partial charge in [0.1, 0.15) is 30.9 Å². The summed E-state index contributed by atoms with van der Waals surface area (Å²) in [5.74, 6) is 2.06. The number of halogens is 1. The third-order valence-corrected chi connectivity index (χ3v) is 5.66. The van der Waals surface area contributed by atoms with Gasteiger partial charge in [-0.15, -0.1) is 25.2 Å². The van der Waals surface area contributed by atoms with Crippen molar-refractivity contribution in [2.45, 2.75) is 105 Å². The number of carbonyl (C=O) groups is 2. The molecule has 0 atom stereocenters. The molecule has 0 saturated carbocycles. The number of benzene rings is 4. The predicted molar refractivity (Wildman–Crippen MR) is 301 cm³/mol. The Balaban J connectivity index is -0.0000000370. The quantitative estimate of drug-likeness (QED) is 0.0474. The third kappa shape index (κ3) is 71.7. The number of ketones is 1. The van der Waals surface area contributed by atoms with E-state index >= 15 is 0 Å². The van der Waals surface area contributed by atoms with E-state index < -0.39 is 11.8 Å². The molecule has 0 fully saturated rings. The minimum absolute atomic E-state index is 0. The average molecular weight is 1700 g/mol. The summed E-state index contributed by atoms with van der Waals surface area (Å²) in [5.41, 5.74) is 2.02. The number of hydrogen-bond acceptors (Lipinski definition) is 9. The first kappa shape index (κ1) is 113. The van der Waals surface area contributed by atoms with Crippen LogP contribution in [0, 0.1) is 98.2 Å². The van der Waals surface area contributed by atoms with Crippen molar-refractivity contribution in [2.24, 2.45) is 0 Å². The van der Waals surface area contributed by atoms with Crippen LogP contribution in [0.25, 0.3) is 11.5 Å². The standard InChI is InChI=1S/C11H8N2O.C10H6N2O.C8H8O2.C7H5ClO.C3H4.4C2H6.4C2H5.C2H2.2CH4.4W/c1-14-11(10(7-12)8-13)9-5-3-2-4-6-9;11-6-9(7-12)10(13)8-4-2-1-3-5-8;9-6-8(10)7-4-2-1-3-5-7;8-7(9)6-4-2-1-3-5-6;1-3-2;9*1-2;;;;;;/h2-6H,1H3;1-5,13H;1-5,9H,6H2;1-5H;1H,2H3;4*1-2H3;4*1H2,2H3;1-2H;2*1H4;;;;/q;;;;;;;;;4*-1;;;;;;;. The van der Waals surface area contributed by atoms with Crippen molar-refractivity contribution in [2.75, 3.05) is 13.7 Å². The molecule has 0 bridgehead atoms. The molecule has 0 radical (unpaired) electrons. The largest absolute Gasteiger partial charge is 0.505 e. The number of Topliss-reactive ketones (excluding diaryl/α,β-unsaturated/α-hetero) is 1. The van der Waals surface area contributed by atoms with Crippen molar-refractivity contribution in [1.29, 1.82) is 21.0 Å². The van der Waals surface area contributed by atoms with Gasteiger partial charge in [-0.3, -0.25) is 9.59 Å². The minimum Gasteiger partial charge on any atom is -0.505 e. The van der Waals surface area contributed by atoms with Gasteiger partial charge in [-0.2, -0.15) is 48.7 Å². The molecule has 0 aliphatic rings. The number of nitriles is 4. The van der Waals surface area contributed by atoms with Crippen LogP contribution in [0.1, 0.15) is 137 Å². The van der Waals surface area contributed by atoms with E-state index in [2.05, 4.69) is 52.9 Å².